The third-order valence-corrected chi connectivity index (χ3v) is 6.57. The Morgan fingerprint density at radius 2 is 2.03 bits per heavy atom. The van der Waals surface area contributed by atoms with E-state index in [2.05, 4.69) is 50.3 Å². The lowest BCUT2D eigenvalue weighted by Crippen LogP contribution is -2.54. The number of amides is 1. The molecule has 3 aromatic heterocycles. The zero-order valence-electron chi connectivity index (χ0n) is 18.3. The Kier molecular flexibility index (Phi) is 5.77. The molecule has 9 nitrogen and oxygen atoms in total. The molecule has 0 spiro atoms. The van der Waals surface area contributed by atoms with Gasteiger partial charge in [-0.05, 0) is 36.2 Å². The SMILES string of the molecule is CC(c1cccnc1)N1CCN(Cc2ccn3ncc(N4CCC(=O)NC4O)c3c2)CC1. The van der Waals surface area contributed by atoms with Crippen LogP contribution in [0.25, 0.3) is 5.52 Å². The monoisotopic (exact) mass is 435 g/mol. The van der Waals surface area contributed by atoms with Crippen LogP contribution in [0.1, 0.15) is 30.5 Å². The highest BCUT2D eigenvalue weighted by atomic mass is 16.3. The first-order chi connectivity index (χ1) is 15.6. The molecule has 0 aliphatic carbocycles. The van der Waals surface area contributed by atoms with Gasteiger partial charge in [0.1, 0.15) is 0 Å². The van der Waals surface area contributed by atoms with Crippen molar-refractivity contribution in [2.45, 2.75) is 32.3 Å². The average Bonchev–Trinajstić information content (AvgIpc) is 3.23. The first-order valence-corrected chi connectivity index (χ1v) is 11.1. The van der Waals surface area contributed by atoms with Crippen molar-refractivity contribution in [1.29, 1.82) is 0 Å². The van der Waals surface area contributed by atoms with Gasteiger partial charge in [0.15, 0.2) is 0 Å². The Bertz CT molecular complexity index is 1080. The van der Waals surface area contributed by atoms with Gasteiger partial charge in [0.05, 0.1) is 17.4 Å². The van der Waals surface area contributed by atoms with Gasteiger partial charge in [-0.1, -0.05) is 6.07 Å². The number of piperazine rings is 1. The van der Waals surface area contributed by atoms with Gasteiger partial charge in [0, 0.05) is 70.3 Å². The highest BCUT2D eigenvalue weighted by Crippen LogP contribution is 2.26. The first kappa shape index (κ1) is 20.9. The molecule has 0 radical (unpaired) electrons. The number of aliphatic hydroxyl groups is 1. The van der Waals surface area contributed by atoms with Crippen LogP contribution in [0.5, 0.6) is 0 Å². The van der Waals surface area contributed by atoms with Crippen molar-refractivity contribution in [3.63, 3.8) is 0 Å². The molecule has 2 aliphatic rings. The van der Waals surface area contributed by atoms with Crippen LogP contribution in [0.3, 0.4) is 0 Å². The number of carbonyl (C=O) groups is 1. The standard InChI is InChI=1S/C23H29N7O2/c1-17(19-3-2-6-24-14-19)28-11-9-27(10-12-28)16-18-4-8-30-20(13-18)21(15-25-30)29-7-5-22(31)26-23(29)32/h2-4,6,8,13-15,17,23,32H,5,7,9-12,16H2,1H3,(H,26,31). The number of hydrogen-bond donors (Lipinski definition) is 2. The Labute approximate surface area is 187 Å². The van der Waals surface area contributed by atoms with Crippen molar-refractivity contribution in [2.24, 2.45) is 0 Å². The van der Waals surface area contributed by atoms with Crippen LogP contribution in [0.2, 0.25) is 0 Å². The van der Waals surface area contributed by atoms with Gasteiger partial charge < -0.3 is 15.3 Å². The molecule has 2 fully saturated rings. The van der Waals surface area contributed by atoms with E-state index < -0.39 is 6.35 Å². The molecule has 2 unspecified atom stereocenters. The fourth-order valence-electron chi connectivity index (χ4n) is 4.62. The lowest BCUT2D eigenvalue weighted by atomic mass is 10.1. The minimum atomic E-state index is -1.03. The number of aromatic nitrogens is 3. The summed E-state index contributed by atoms with van der Waals surface area (Å²) in [4.78, 5) is 22.6. The van der Waals surface area contributed by atoms with Gasteiger partial charge >= 0.3 is 0 Å². The summed E-state index contributed by atoms with van der Waals surface area (Å²) in [7, 11) is 0. The van der Waals surface area contributed by atoms with E-state index >= 15 is 0 Å². The molecular weight excluding hydrogens is 406 g/mol. The zero-order chi connectivity index (χ0) is 22.1. The second-order valence-corrected chi connectivity index (χ2v) is 8.55. The van der Waals surface area contributed by atoms with Crippen molar-refractivity contribution in [1.82, 2.24) is 29.7 Å². The number of nitrogens with one attached hydrogen (secondary N) is 1. The molecule has 2 saturated heterocycles. The molecule has 32 heavy (non-hydrogen) atoms. The third kappa shape index (κ3) is 4.19. The summed E-state index contributed by atoms with van der Waals surface area (Å²) in [5.41, 5.74) is 4.23. The molecule has 5 rings (SSSR count). The Morgan fingerprint density at radius 3 is 2.78 bits per heavy atom. The van der Waals surface area contributed by atoms with E-state index in [1.165, 1.54) is 11.1 Å². The summed E-state index contributed by atoms with van der Waals surface area (Å²) in [5, 5.41) is 17.3. The number of nitrogens with zero attached hydrogens (tertiary/aromatic N) is 6. The molecule has 2 atom stereocenters. The van der Waals surface area contributed by atoms with Crippen LogP contribution in [0, 0.1) is 0 Å². The predicted molar refractivity (Wildman–Crippen MR) is 121 cm³/mol. The van der Waals surface area contributed by atoms with Gasteiger partial charge in [-0.3, -0.25) is 19.6 Å². The molecule has 2 aliphatic heterocycles. The number of pyridine rings is 2. The number of rotatable bonds is 5. The van der Waals surface area contributed by atoms with E-state index in [9.17, 15) is 9.90 Å². The van der Waals surface area contributed by atoms with Gasteiger partial charge in [-0.25, -0.2) is 4.52 Å². The molecule has 5 heterocycles. The Hall–Kier alpha value is -3.01. The van der Waals surface area contributed by atoms with Crippen LogP contribution >= 0.6 is 0 Å². The van der Waals surface area contributed by atoms with E-state index in [0.29, 0.717) is 19.0 Å². The molecule has 3 aromatic rings. The van der Waals surface area contributed by atoms with Crippen LogP contribution in [-0.2, 0) is 11.3 Å². The molecule has 1 amide bonds. The largest absolute Gasteiger partial charge is 0.356 e. The van der Waals surface area contributed by atoms with E-state index in [0.717, 1.165) is 43.9 Å². The van der Waals surface area contributed by atoms with Crippen LogP contribution in [-0.4, -0.2) is 74.5 Å². The first-order valence-electron chi connectivity index (χ1n) is 11.1. The highest BCUT2D eigenvalue weighted by molar-refractivity contribution is 5.81. The number of hydrogen-bond acceptors (Lipinski definition) is 7. The zero-order valence-corrected chi connectivity index (χ0v) is 18.3. The lowest BCUT2D eigenvalue weighted by Gasteiger charge is -2.38. The number of carbonyl (C=O) groups excluding carboxylic acids is 1. The molecule has 0 bridgehead atoms. The van der Waals surface area contributed by atoms with E-state index in [1.807, 2.05) is 29.2 Å². The minimum Gasteiger partial charge on any atom is -0.356 e. The number of aliphatic hydroxyl groups excluding tert-OH is 1. The summed E-state index contributed by atoms with van der Waals surface area (Å²) < 4.78 is 1.81. The van der Waals surface area contributed by atoms with Gasteiger partial charge in [0.2, 0.25) is 12.3 Å². The minimum absolute atomic E-state index is 0.136. The summed E-state index contributed by atoms with van der Waals surface area (Å²) in [5.74, 6) is -0.136. The summed E-state index contributed by atoms with van der Waals surface area (Å²) in [6.07, 6.45) is 6.82. The van der Waals surface area contributed by atoms with Gasteiger partial charge in [0.25, 0.3) is 0 Å². The quantitative estimate of drug-likeness (QED) is 0.623. The topological polar surface area (TPSA) is 89.2 Å². The van der Waals surface area contributed by atoms with E-state index in [4.69, 9.17) is 0 Å². The molecule has 0 aromatic carbocycles. The van der Waals surface area contributed by atoms with Crippen molar-refractivity contribution >= 4 is 17.1 Å². The van der Waals surface area contributed by atoms with Crippen molar-refractivity contribution in [3.05, 3.63) is 60.2 Å². The Morgan fingerprint density at radius 1 is 1.19 bits per heavy atom. The predicted octanol–water partition coefficient (Wildman–Crippen LogP) is 1.21. The third-order valence-electron chi connectivity index (χ3n) is 6.57. The Balaban J connectivity index is 1.25. The molecular formula is C23H29N7O2. The molecule has 0 saturated carbocycles. The van der Waals surface area contributed by atoms with E-state index in [1.54, 1.807) is 11.1 Å². The van der Waals surface area contributed by atoms with E-state index in [-0.39, 0.29) is 5.91 Å². The van der Waals surface area contributed by atoms with Crippen LogP contribution < -0.4 is 10.2 Å². The van der Waals surface area contributed by atoms with Crippen LogP contribution in [0.4, 0.5) is 5.69 Å². The normalized spacial score (nSPS) is 21.6. The van der Waals surface area contributed by atoms with Crippen LogP contribution in [0.15, 0.2) is 49.1 Å². The number of fused-ring (bicyclic) bond motifs is 1. The summed E-state index contributed by atoms with van der Waals surface area (Å²) in [6, 6.07) is 8.75. The van der Waals surface area contributed by atoms with Gasteiger partial charge in [-0.15, -0.1) is 0 Å². The smallest absolute Gasteiger partial charge is 0.225 e. The second-order valence-electron chi connectivity index (χ2n) is 8.55. The fraction of sp³-hybridized carbons (Fsp3) is 0.435. The van der Waals surface area contributed by atoms with Gasteiger partial charge in [-0.2, -0.15) is 5.10 Å². The lowest BCUT2D eigenvalue weighted by molar-refractivity contribution is -0.125. The van der Waals surface area contributed by atoms with Crippen molar-refractivity contribution in [2.75, 3.05) is 37.6 Å². The summed E-state index contributed by atoms with van der Waals surface area (Å²) >= 11 is 0. The molecule has 168 valence electrons. The second kappa shape index (κ2) is 8.85. The van der Waals surface area contributed by atoms with Crippen molar-refractivity contribution < 1.29 is 9.90 Å². The maximum absolute atomic E-state index is 11.5. The molecule has 9 heteroatoms. The highest BCUT2D eigenvalue weighted by Gasteiger charge is 2.27. The maximum Gasteiger partial charge on any atom is 0.225 e. The summed E-state index contributed by atoms with van der Waals surface area (Å²) in [6.45, 7) is 7.66. The average molecular weight is 436 g/mol. The van der Waals surface area contributed by atoms with Crippen molar-refractivity contribution in [3.8, 4) is 0 Å². The number of anilines is 1. The molecule has 2 N–H and O–H groups in total. The fourth-order valence-corrected chi connectivity index (χ4v) is 4.62. The maximum atomic E-state index is 11.5.